The summed E-state index contributed by atoms with van der Waals surface area (Å²) in [7, 11) is -4.06. The molecule has 1 heterocycles. The number of hydrogen-bond acceptors (Lipinski definition) is 5. The minimum atomic E-state index is -4.06. The molecule has 0 aliphatic carbocycles. The van der Waals surface area contributed by atoms with Crippen LogP contribution in [0.1, 0.15) is 12.5 Å². The lowest BCUT2D eigenvalue weighted by atomic mass is 10.2. The minimum absolute atomic E-state index is 0.0185. The highest BCUT2D eigenvalue weighted by Gasteiger charge is 2.22. The number of nitrogens with one attached hydrogen (secondary N) is 1. The molecule has 0 aliphatic heterocycles. The number of hydrogen-bond donors (Lipinski definition) is 1. The summed E-state index contributed by atoms with van der Waals surface area (Å²) in [6.07, 6.45) is 1.22. The van der Waals surface area contributed by atoms with Crippen LogP contribution >= 0.6 is 11.6 Å². The second-order valence-electron chi connectivity index (χ2n) is 4.37. The Bertz CT molecular complexity index is 814. The van der Waals surface area contributed by atoms with Crippen molar-refractivity contribution in [2.75, 3.05) is 11.9 Å². The summed E-state index contributed by atoms with van der Waals surface area (Å²) in [5.41, 5.74) is 0.338. The van der Waals surface area contributed by atoms with Crippen LogP contribution in [0.25, 0.3) is 0 Å². The zero-order valence-electron chi connectivity index (χ0n) is 11.5. The molecule has 0 bridgehead atoms. The maximum absolute atomic E-state index is 12.4. The summed E-state index contributed by atoms with van der Waals surface area (Å²) < 4.78 is 25.2. The summed E-state index contributed by atoms with van der Waals surface area (Å²) >= 11 is 5.90. The molecule has 21 heavy (non-hydrogen) atoms. The Kier molecular flexibility index (Phi) is 4.34. The summed E-state index contributed by atoms with van der Waals surface area (Å²) in [6, 6.07) is 6.13. The van der Waals surface area contributed by atoms with Gasteiger partial charge in [0, 0.05) is 6.54 Å². The van der Waals surface area contributed by atoms with Gasteiger partial charge in [-0.3, -0.25) is 4.79 Å². The molecular weight excluding hydrogens is 314 g/mol. The molecule has 1 aromatic carbocycles. The molecule has 0 aliphatic rings. The van der Waals surface area contributed by atoms with E-state index >= 15 is 0 Å². The molecule has 0 spiro atoms. The van der Waals surface area contributed by atoms with E-state index in [1.165, 1.54) is 18.3 Å². The van der Waals surface area contributed by atoms with Crippen molar-refractivity contribution in [3.63, 3.8) is 0 Å². The summed E-state index contributed by atoms with van der Waals surface area (Å²) in [5, 5.41) is 6.33. The van der Waals surface area contributed by atoms with Gasteiger partial charge in [-0.2, -0.15) is 13.5 Å². The van der Waals surface area contributed by atoms with Gasteiger partial charge in [0.05, 0.1) is 16.8 Å². The van der Waals surface area contributed by atoms with Crippen LogP contribution in [-0.2, 0) is 10.0 Å². The summed E-state index contributed by atoms with van der Waals surface area (Å²) in [4.78, 5) is 12.1. The Labute approximate surface area is 127 Å². The van der Waals surface area contributed by atoms with E-state index < -0.39 is 15.6 Å². The van der Waals surface area contributed by atoms with E-state index in [0.29, 0.717) is 16.3 Å². The van der Waals surface area contributed by atoms with Gasteiger partial charge in [-0.25, -0.2) is 0 Å². The number of nitrogens with zero attached hydrogens (tertiary/aromatic N) is 2. The standard InChI is InChI=1S/C13H14ClN3O3S/c1-3-15-11-8-16-17(13(18)12(11)14)21(19,20)10-6-4-9(2)5-7-10/h4-8,15H,3H2,1-2H3. The second kappa shape index (κ2) is 5.87. The number of halogens is 1. The molecule has 1 N–H and O–H groups in total. The molecule has 1 aromatic heterocycles. The van der Waals surface area contributed by atoms with Gasteiger partial charge in [-0.05, 0) is 26.0 Å². The van der Waals surface area contributed by atoms with Crippen molar-refractivity contribution in [2.45, 2.75) is 18.7 Å². The lowest BCUT2D eigenvalue weighted by molar-refractivity contribution is 0.575. The first kappa shape index (κ1) is 15.5. The Balaban J connectivity index is 2.58. The molecule has 0 saturated heterocycles. The van der Waals surface area contributed by atoms with E-state index in [1.54, 1.807) is 12.1 Å². The Hall–Kier alpha value is -1.86. The van der Waals surface area contributed by atoms with E-state index in [9.17, 15) is 13.2 Å². The lowest BCUT2D eigenvalue weighted by Crippen LogP contribution is -2.30. The molecule has 0 radical (unpaired) electrons. The first-order chi connectivity index (χ1) is 9.87. The summed E-state index contributed by atoms with van der Waals surface area (Å²) in [5.74, 6) is 0. The van der Waals surface area contributed by atoms with Crippen LogP contribution < -0.4 is 10.9 Å². The number of anilines is 1. The largest absolute Gasteiger partial charge is 0.383 e. The predicted molar refractivity (Wildman–Crippen MR) is 81.4 cm³/mol. The van der Waals surface area contributed by atoms with Gasteiger partial charge in [0.2, 0.25) is 0 Å². The average Bonchev–Trinajstić information content (AvgIpc) is 2.44. The summed E-state index contributed by atoms with van der Waals surface area (Å²) in [6.45, 7) is 4.20. The molecule has 8 heteroatoms. The van der Waals surface area contributed by atoms with E-state index in [4.69, 9.17) is 11.6 Å². The first-order valence-corrected chi connectivity index (χ1v) is 8.03. The fourth-order valence-electron chi connectivity index (χ4n) is 1.71. The molecule has 112 valence electrons. The van der Waals surface area contributed by atoms with Crippen LogP contribution in [-0.4, -0.2) is 24.1 Å². The number of aryl methyl sites for hydroxylation is 1. The normalized spacial score (nSPS) is 11.4. The van der Waals surface area contributed by atoms with Crippen LogP contribution in [0.5, 0.6) is 0 Å². The first-order valence-electron chi connectivity index (χ1n) is 6.22. The van der Waals surface area contributed by atoms with Crippen molar-refractivity contribution in [1.82, 2.24) is 9.19 Å². The molecule has 2 rings (SSSR count). The fraction of sp³-hybridized carbons (Fsp3) is 0.231. The van der Waals surface area contributed by atoms with Crippen LogP contribution in [0.4, 0.5) is 5.69 Å². The van der Waals surface area contributed by atoms with Crippen molar-refractivity contribution < 1.29 is 8.42 Å². The highest BCUT2D eigenvalue weighted by molar-refractivity contribution is 7.89. The van der Waals surface area contributed by atoms with Crippen LogP contribution in [0.15, 0.2) is 40.2 Å². The van der Waals surface area contributed by atoms with Gasteiger partial charge in [-0.1, -0.05) is 29.3 Å². The molecule has 0 amide bonds. The highest BCUT2D eigenvalue weighted by atomic mass is 35.5. The molecule has 0 unspecified atom stereocenters. The maximum atomic E-state index is 12.4. The highest BCUT2D eigenvalue weighted by Crippen LogP contribution is 2.17. The van der Waals surface area contributed by atoms with Crippen molar-refractivity contribution in [1.29, 1.82) is 0 Å². The molecule has 2 aromatic rings. The number of benzene rings is 1. The molecule has 0 saturated carbocycles. The maximum Gasteiger partial charge on any atom is 0.302 e. The van der Waals surface area contributed by atoms with Crippen molar-refractivity contribution >= 4 is 27.3 Å². The number of rotatable bonds is 4. The Morgan fingerprint density at radius 3 is 2.48 bits per heavy atom. The quantitative estimate of drug-likeness (QED) is 0.927. The molecule has 0 fully saturated rings. The third kappa shape index (κ3) is 2.93. The fourth-order valence-corrected chi connectivity index (χ4v) is 3.12. The van der Waals surface area contributed by atoms with E-state index in [-0.39, 0.29) is 9.92 Å². The van der Waals surface area contributed by atoms with E-state index in [1.807, 2.05) is 13.8 Å². The van der Waals surface area contributed by atoms with Crippen LogP contribution in [0, 0.1) is 6.92 Å². The third-order valence-electron chi connectivity index (χ3n) is 2.80. The molecule has 0 atom stereocenters. The van der Waals surface area contributed by atoms with Crippen molar-refractivity contribution in [3.8, 4) is 0 Å². The van der Waals surface area contributed by atoms with Crippen molar-refractivity contribution in [3.05, 3.63) is 51.4 Å². The number of aromatic nitrogens is 2. The average molecular weight is 328 g/mol. The molecule has 6 nitrogen and oxygen atoms in total. The Morgan fingerprint density at radius 2 is 1.90 bits per heavy atom. The van der Waals surface area contributed by atoms with Gasteiger partial charge >= 0.3 is 5.56 Å². The van der Waals surface area contributed by atoms with Crippen LogP contribution in [0.3, 0.4) is 0 Å². The minimum Gasteiger partial charge on any atom is -0.383 e. The Morgan fingerprint density at radius 1 is 1.29 bits per heavy atom. The smallest absolute Gasteiger partial charge is 0.302 e. The van der Waals surface area contributed by atoms with Gasteiger partial charge in [0.1, 0.15) is 5.02 Å². The topological polar surface area (TPSA) is 81.1 Å². The lowest BCUT2D eigenvalue weighted by Gasteiger charge is -2.09. The van der Waals surface area contributed by atoms with E-state index in [0.717, 1.165) is 5.56 Å². The zero-order chi connectivity index (χ0) is 15.6. The van der Waals surface area contributed by atoms with Gasteiger partial charge in [-0.15, -0.1) is 4.09 Å². The monoisotopic (exact) mass is 327 g/mol. The zero-order valence-corrected chi connectivity index (χ0v) is 13.1. The van der Waals surface area contributed by atoms with Gasteiger partial charge in [0.15, 0.2) is 0 Å². The van der Waals surface area contributed by atoms with Crippen LogP contribution in [0.2, 0.25) is 5.02 Å². The second-order valence-corrected chi connectivity index (χ2v) is 6.51. The van der Waals surface area contributed by atoms with Gasteiger partial charge < -0.3 is 5.32 Å². The van der Waals surface area contributed by atoms with E-state index in [2.05, 4.69) is 10.4 Å². The van der Waals surface area contributed by atoms with Gasteiger partial charge in [0.25, 0.3) is 10.0 Å². The third-order valence-corrected chi connectivity index (χ3v) is 4.75. The molecular formula is C13H14ClN3O3S. The SMILES string of the molecule is CCNc1cnn(S(=O)(=O)c2ccc(C)cc2)c(=O)c1Cl. The predicted octanol–water partition coefficient (Wildman–Crippen LogP) is 1.87. The van der Waals surface area contributed by atoms with Crippen molar-refractivity contribution in [2.24, 2.45) is 0 Å².